The molecule has 4 aromatic rings. The molecule has 0 radical (unpaired) electrons. The molecule has 8 heteroatoms. The van der Waals surface area contributed by atoms with E-state index in [-0.39, 0.29) is 16.3 Å². The maximum absolute atomic E-state index is 11.8. The highest BCUT2D eigenvalue weighted by molar-refractivity contribution is 7.86. The second-order valence-corrected chi connectivity index (χ2v) is 8.64. The first-order valence-electron chi connectivity index (χ1n) is 9.48. The molecule has 0 saturated heterocycles. The minimum Gasteiger partial charge on any atom is -0.396 e. The van der Waals surface area contributed by atoms with E-state index in [4.69, 9.17) is 5.73 Å². The van der Waals surface area contributed by atoms with Gasteiger partial charge in [-0.15, -0.1) is 10.2 Å². The summed E-state index contributed by atoms with van der Waals surface area (Å²) in [6.07, 6.45) is 1.58. The van der Waals surface area contributed by atoms with E-state index in [9.17, 15) is 13.0 Å². The number of nitrogens with zero attached hydrogens (tertiary/aromatic N) is 3. The van der Waals surface area contributed by atoms with E-state index in [1.165, 1.54) is 6.07 Å². The number of benzene rings is 3. The van der Waals surface area contributed by atoms with Gasteiger partial charge in [0.15, 0.2) is 0 Å². The number of nitrogens with two attached hydrogens (primary N) is 1. The molecule has 0 fully saturated rings. The Morgan fingerprint density at radius 2 is 1.68 bits per heavy atom. The predicted molar refractivity (Wildman–Crippen MR) is 121 cm³/mol. The Morgan fingerprint density at radius 1 is 0.935 bits per heavy atom. The number of hydrogen-bond donors (Lipinski definition) is 2. The quantitative estimate of drug-likeness (QED) is 0.241. The molecule has 3 aromatic carbocycles. The van der Waals surface area contributed by atoms with Crippen LogP contribution in [0.5, 0.6) is 0 Å². The molecule has 0 aliphatic carbocycles. The molecule has 31 heavy (non-hydrogen) atoms. The summed E-state index contributed by atoms with van der Waals surface area (Å²) in [6, 6.07) is 17.7. The van der Waals surface area contributed by atoms with Crippen LogP contribution in [0.4, 0.5) is 17.1 Å². The molecule has 0 spiro atoms. The lowest BCUT2D eigenvalue weighted by Gasteiger charge is -2.09. The largest absolute Gasteiger partial charge is 0.396 e. The van der Waals surface area contributed by atoms with Gasteiger partial charge in [0.25, 0.3) is 10.1 Å². The van der Waals surface area contributed by atoms with Gasteiger partial charge in [0, 0.05) is 16.3 Å². The number of fused-ring (bicyclic) bond motifs is 1. The summed E-state index contributed by atoms with van der Waals surface area (Å²) in [5.41, 5.74) is 11.2. The lowest BCUT2D eigenvalue weighted by molar-refractivity contribution is 0.484. The first kappa shape index (κ1) is 20.6. The Morgan fingerprint density at radius 3 is 2.35 bits per heavy atom. The van der Waals surface area contributed by atoms with Crippen molar-refractivity contribution < 1.29 is 13.0 Å². The van der Waals surface area contributed by atoms with E-state index in [0.717, 1.165) is 22.4 Å². The minimum atomic E-state index is -4.47. The summed E-state index contributed by atoms with van der Waals surface area (Å²) < 4.78 is 33.3. The standard InChI is InChI=1S/C23H20N4O3S/c1-14-7-8-15(2)19(11-14)20-10-9-16(13-25-20)26-27-21-12-22(31(28,29)30)17-5-3-4-6-18(17)23(21)24/h3-13H,24H2,1-2H3,(H,28,29,30). The van der Waals surface area contributed by atoms with Crippen LogP contribution < -0.4 is 5.73 Å². The fourth-order valence-electron chi connectivity index (χ4n) is 3.37. The molecule has 4 rings (SSSR count). The molecule has 0 saturated carbocycles. The Balaban J connectivity index is 1.72. The van der Waals surface area contributed by atoms with Gasteiger partial charge in [-0.1, -0.05) is 42.0 Å². The van der Waals surface area contributed by atoms with Crippen LogP contribution in [0.3, 0.4) is 0 Å². The van der Waals surface area contributed by atoms with Crippen LogP contribution in [-0.2, 0) is 10.1 Å². The number of azo groups is 1. The number of hydrogen-bond acceptors (Lipinski definition) is 6. The van der Waals surface area contributed by atoms with Crippen molar-refractivity contribution in [1.29, 1.82) is 0 Å². The average molecular weight is 433 g/mol. The fourth-order valence-corrected chi connectivity index (χ4v) is 4.09. The van der Waals surface area contributed by atoms with E-state index in [2.05, 4.69) is 33.4 Å². The molecule has 7 nitrogen and oxygen atoms in total. The summed E-state index contributed by atoms with van der Waals surface area (Å²) >= 11 is 0. The molecule has 1 aromatic heterocycles. The van der Waals surface area contributed by atoms with E-state index in [1.807, 2.05) is 19.9 Å². The summed E-state index contributed by atoms with van der Waals surface area (Å²) in [6.45, 7) is 4.06. The van der Waals surface area contributed by atoms with Gasteiger partial charge in [-0.25, -0.2) is 0 Å². The molecular formula is C23H20N4O3S. The Labute approximate surface area is 180 Å². The molecule has 0 aliphatic rings. The van der Waals surface area contributed by atoms with Gasteiger partial charge in [-0.3, -0.25) is 9.54 Å². The van der Waals surface area contributed by atoms with Crippen molar-refractivity contribution in [3.63, 3.8) is 0 Å². The molecule has 0 bridgehead atoms. The van der Waals surface area contributed by atoms with Gasteiger partial charge in [0.05, 0.1) is 17.6 Å². The highest BCUT2D eigenvalue weighted by Crippen LogP contribution is 2.36. The zero-order valence-corrected chi connectivity index (χ0v) is 17.8. The van der Waals surface area contributed by atoms with Gasteiger partial charge in [0.1, 0.15) is 16.3 Å². The molecule has 0 unspecified atom stereocenters. The van der Waals surface area contributed by atoms with Crippen LogP contribution in [0.2, 0.25) is 0 Å². The third kappa shape index (κ3) is 4.16. The normalized spacial score (nSPS) is 12.0. The van der Waals surface area contributed by atoms with Crippen LogP contribution in [0.15, 0.2) is 82.0 Å². The minimum absolute atomic E-state index is 0.143. The summed E-state index contributed by atoms with van der Waals surface area (Å²) in [7, 11) is -4.47. The number of pyridine rings is 1. The second kappa shape index (κ2) is 7.90. The molecule has 1 heterocycles. The van der Waals surface area contributed by atoms with Crippen molar-refractivity contribution in [2.45, 2.75) is 18.7 Å². The van der Waals surface area contributed by atoms with Gasteiger partial charge >= 0.3 is 0 Å². The van der Waals surface area contributed by atoms with Gasteiger partial charge in [-0.2, -0.15) is 8.42 Å². The molecule has 3 N–H and O–H groups in total. The molecule has 0 atom stereocenters. The Bertz CT molecular complexity index is 1430. The van der Waals surface area contributed by atoms with E-state index in [1.54, 1.807) is 36.5 Å². The summed E-state index contributed by atoms with van der Waals surface area (Å²) in [5, 5.41) is 9.05. The third-order valence-electron chi connectivity index (χ3n) is 4.99. The lowest BCUT2D eigenvalue weighted by Crippen LogP contribution is -2.01. The fraction of sp³-hybridized carbons (Fsp3) is 0.0870. The molecule has 0 aliphatic heterocycles. The van der Waals surface area contributed by atoms with Crippen LogP contribution in [0.25, 0.3) is 22.0 Å². The maximum atomic E-state index is 11.8. The second-order valence-electron chi connectivity index (χ2n) is 7.25. The van der Waals surface area contributed by atoms with Gasteiger partial charge in [0.2, 0.25) is 0 Å². The van der Waals surface area contributed by atoms with E-state index < -0.39 is 10.1 Å². The number of aryl methyl sites for hydroxylation is 2. The summed E-state index contributed by atoms with van der Waals surface area (Å²) in [5.74, 6) is 0. The Hall–Kier alpha value is -3.62. The van der Waals surface area contributed by atoms with Gasteiger partial charge in [-0.05, 0) is 43.7 Å². The zero-order valence-electron chi connectivity index (χ0n) is 16.9. The van der Waals surface area contributed by atoms with Crippen LogP contribution in [-0.4, -0.2) is 18.0 Å². The summed E-state index contributed by atoms with van der Waals surface area (Å²) in [4.78, 5) is 4.20. The number of aromatic nitrogens is 1. The first-order chi connectivity index (χ1) is 14.7. The predicted octanol–water partition coefficient (Wildman–Crippen LogP) is 5.76. The molecule has 156 valence electrons. The van der Waals surface area contributed by atoms with Crippen molar-refractivity contribution in [3.8, 4) is 11.3 Å². The van der Waals surface area contributed by atoms with Crippen LogP contribution >= 0.6 is 0 Å². The van der Waals surface area contributed by atoms with Crippen molar-refractivity contribution in [2.24, 2.45) is 10.2 Å². The zero-order chi connectivity index (χ0) is 22.2. The molecular weight excluding hydrogens is 412 g/mol. The van der Waals surface area contributed by atoms with Crippen LogP contribution in [0, 0.1) is 13.8 Å². The maximum Gasteiger partial charge on any atom is 0.295 e. The van der Waals surface area contributed by atoms with Crippen LogP contribution in [0.1, 0.15) is 11.1 Å². The van der Waals surface area contributed by atoms with Crippen molar-refractivity contribution in [1.82, 2.24) is 4.98 Å². The van der Waals surface area contributed by atoms with E-state index >= 15 is 0 Å². The smallest absolute Gasteiger partial charge is 0.295 e. The SMILES string of the molecule is Cc1ccc(C)c(-c2ccc(N=Nc3cc(S(=O)(=O)O)c4ccccc4c3N)cn2)c1. The first-order valence-corrected chi connectivity index (χ1v) is 10.9. The van der Waals surface area contributed by atoms with E-state index in [0.29, 0.717) is 16.5 Å². The van der Waals surface area contributed by atoms with Gasteiger partial charge < -0.3 is 5.73 Å². The van der Waals surface area contributed by atoms with Crippen molar-refractivity contribution in [2.75, 3.05) is 5.73 Å². The Kier molecular flexibility index (Phi) is 5.26. The third-order valence-corrected chi connectivity index (χ3v) is 5.89. The van der Waals surface area contributed by atoms with Crippen molar-refractivity contribution >= 4 is 38.0 Å². The highest BCUT2D eigenvalue weighted by Gasteiger charge is 2.18. The number of anilines is 1. The van der Waals surface area contributed by atoms with Crippen molar-refractivity contribution in [3.05, 3.63) is 78.0 Å². The monoisotopic (exact) mass is 432 g/mol. The highest BCUT2D eigenvalue weighted by atomic mass is 32.2. The molecule has 0 amide bonds. The number of nitrogen functional groups attached to an aromatic ring is 1. The topological polar surface area (TPSA) is 118 Å². The number of rotatable bonds is 4. The average Bonchev–Trinajstić information content (AvgIpc) is 2.75. The lowest BCUT2D eigenvalue weighted by atomic mass is 10.0.